The van der Waals surface area contributed by atoms with Gasteiger partial charge in [0.2, 0.25) is 0 Å². The molecule has 0 fully saturated rings. The molecule has 5 heteroatoms. The molecule has 15 heavy (non-hydrogen) atoms. The van der Waals surface area contributed by atoms with Gasteiger partial charge in [-0.1, -0.05) is 38.8 Å². The second-order valence-electron chi connectivity index (χ2n) is 4.47. The van der Waals surface area contributed by atoms with Crippen LogP contribution >= 0.6 is 31.9 Å². The van der Waals surface area contributed by atoms with Crippen molar-refractivity contribution >= 4 is 31.9 Å². The van der Waals surface area contributed by atoms with Crippen molar-refractivity contribution in [2.45, 2.75) is 33.2 Å². The number of rotatable bonds is 5. The Balaban J connectivity index is 2.84. The van der Waals surface area contributed by atoms with Crippen molar-refractivity contribution in [1.29, 1.82) is 0 Å². The average Bonchev–Trinajstić information content (AvgIpc) is 2.65. The van der Waals surface area contributed by atoms with Crippen LogP contribution < -0.4 is 0 Å². The molecule has 0 aromatic carbocycles. The maximum Gasteiger partial charge on any atom is 0.138 e. The molecule has 0 radical (unpaired) electrons. The number of hydrogen-bond acceptors (Lipinski definition) is 2. The highest BCUT2D eigenvalue weighted by Gasteiger charge is 2.25. The quantitative estimate of drug-likeness (QED) is 0.772. The highest BCUT2D eigenvalue weighted by Crippen LogP contribution is 2.27. The van der Waals surface area contributed by atoms with Gasteiger partial charge < -0.3 is 0 Å². The molecule has 1 heterocycles. The van der Waals surface area contributed by atoms with Crippen LogP contribution in [0.15, 0.2) is 6.33 Å². The topological polar surface area (TPSA) is 30.7 Å². The molecule has 0 spiro atoms. The molecule has 0 amide bonds. The van der Waals surface area contributed by atoms with Gasteiger partial charge in [-0.05, 0) is 19.3 Å². The van der Waals surface area contributed by atoms with E-state index in [9.17, 15) is 0 Å². The molecule has 0 unspecified atom stereocenters. The fourth-order valence-corrected chi connectivity index (χ4v) is 2.67. The molecule has 86 valence electrons. The zero-order valence-electron chi connectivity index (χ0n) is 9.37. The molecule has 0 bridgehead atoms. The summed E-state index contributed by atoms with van der Waals surface area (Å²) in [5, 5.41) is 6.15. The first kappa shape index (κ1) is 13.2. The molecule has 1 aromatic heterocycles. The van der Waals surface area contributed by atoms with Gasteiger partial charge in [0.05, 0.1) is 0 Å². The van der Waals surface area contributed by atoms with Crippen LogP contribution in [0.3, 0.4) is 0 Å². The van der Waals surface area contributed by atoms with Gasteiger partial charge in [-0.2, -0.15) is 5.10 Å². The summed E-state index contributed by atoms with van der Waals surface area (Å²) in [4.78, 5) is 4.33. The Morgan fingerprint density at radius 2 is 2.00 bits per heavy atom. The summed E-state index contributed by atoms with van der Waals surface area (Å²) in [6, 6.07) is 0.373. The Labute approximate surface area is 108 Å². The molecule has 0 N–H and O–H groups in total. The van der Waals surface area contributed by atoms with Crippen LogP contribution in [0.1, 0.15) is 32.6 Å². The summed E-state index contributed by atoms with van der Waals surface area (Å²) in [5.74, 6) is 1.06. The lowest BCUT2D eigenvalue weighted by atomic mass is 9.91. The summed E-state index contributed by atoms with van der Waals surface area (Å²) in [5.41, 5.74) is 0.194. The van der Waals surface area contributed by atoms with E-state index < -0.39 is 0 Å². The SMILES string of the molecule is CC(C)n1ncnc1CC(C)(CBr)CBr. The van der Waals surface area contributed by atoms with Crippen molar-refractivity contribution in [3.8, 4) is 0 Å². The van der Waals surface area contributed by atoms with Crippen LogP contribution in [-0.4, -0.2) is 25.4 Å². The van der Waals surface area contributed by atoms with Crippen LogP contribution in [-0.2, 0) is 6.42 Å². The number of aromatic nitrogens is 3. The summed E-state index contributed by atoms with van der Waals surface area (Å²) < 4.78 is 1.99. The van der Waals surface area contributed by atoms with E-state index in [1.54, 1.807) is 6.33 Å². The predicted molar refractivity (Wildman–Crippen MR) is 69.8 cm³/mol. The highest BCUT2D eigenvalue weighted by molar-refractivity contribution is 9.09. The van der Waals surface area contributed by atoms with Gasteiger partial charge in [0.15, 0.2) is 0 Å². The first-order valence-electron chi connectivity index (χ1n) is 5.03. The molecule has 0 aliphatic carbocycles. The normalized spacial score (nSPS) is 12.4. The number of nitrogens with zero attached hydrogens (tertiary/aromatic N) is 3. The van der Waals surface area contributed by atoms with E-state index in [0.29, 0.717) is 6.04 Å². The third-order valence-electron chi connectivity index (χ3n) is 2.37. The van der Waals surface area contributed by atoms with Crippen molar-refractivity contribution in [2.75, 3.05) is 10.7 Å². The van der Waals surface area contributed by atoms with Gasteiger partial charge in [-0.15, -0.1) is 0 Å². The van der Waals surface area contributed by atoms with E-state index in [1.165, 1.54) is 0 Å². The van der Waals surface area contributed by atoms with Gasteiger partial charge in [0.25, 0.3) is 0 Å². The second kappa shape index (κ2) is 5.43. The van der Waals surface area contributed by atoms with Gasteiger partial charge in [0.1, 0.15) is 12.2 Å². The number of alkyl halides is 2. The van der Waals surface area contributed by atoms with Crippen LogP contribution in [0.4, 0.5) is 0 Å². The zero-order valence-corrected chi connectivity index (χ0v) is 12.5. The molecular weight excluding hydrogens is 322 g/mol. The maximum atomic E-state index is 4.33. The Hall–Kier alpha value is 0.100. The minimum absolute atomic E-state index is 0.194. The van der Waals surface area contributed by atoms with Gasteiger partial charge in [-0.3, -0.25) is 0 Å². The molecule has 1 aromatic rings. The summed E-state index contributed by atoms with van der Waals surface area (Å²) in [7, 11) is 0. The van der Waals surface area contributed by atoms with Crippen LogP contribution in [0, 0.1) is 5.41 Å². The standard InChI is InChI=1S/C10H17Br2N3/c1-8(2)15-9(13-7-14-15)4-10(3,5-11)6-12/h7-8H,4-6H2,1-3H3. The van der Waals surface area contributed by atoms with E-state index in [1.807, 2.05) is 4.68 Å². The Morgan fingerprint density at radius 1 is 1.40 bits per heavy atom. The smallest absolute Gasteiger partial charge is 0.138 e. The predicted octanol–water partition coefficient (Wildman–Crippen LogP) is 3.20. The van der Waals surface area contributed by atoms with Gasteiger partial charge in [-0.25, -0.2) is 9.67 Å². The van der Waals surface area contributed by atoms with Crippen molar-refractivity contribution in [3.05, 3.63) is 12.2 Å². The lowest BCUT2D eigenvalue weighted by molar-refractivity contribution is 0.398. The molecule has 0 saturated carbocycles. The molecule has 0 aliphatic heterocycles. The lowest BCUT2D eigenvalue weighted by Crippen LogP contribution is -2.26. The summed E-state index contributed by atoms with van der Waals surface area (Å²) in [6.07, 6.45) is 2.57. The van der Waals surface area contributed by atoms with E-state index in [2.05, 4.69) is 62.7 Å². The zero-order chi connectivity index (χ0) is 11.5. The molecule has 0 saturated heterocycles. The molecule has 1 rings (SSSR count). The third kappa shape index (κ3) is 3.28. The molecule has 0 atom stereocenters. The average molecular weight is 339 g/mol. The number of halogens is 2. The monoisotopic (exact) mass is 337 g/mol. The van der Waals surface area contributed by atoms with Crippen LogP contribution in [0.5, 0.6) is 0 Å². The van der Waals surface area contributed by atoms with Crippen molar-refractivity contribution in [3.63, 3.8) is 0 Å². The Kier molecular flexibility index (Phi) is 4.77. The third-order valence-corrected chi connectivity index (χ3v) is 5.07. The van der Waals surface area contributed by atoms with Crippen LogP contribution in [0.25, 0.3) is 0 Å². The largest absolute Gasteiger partial charge is 0.248 e. The fraction of sp³-hybridized carbons (Fsp3) is 0.800. The van der Waals surface area contributed by atoms with Gasteiger partial charge in [0, 0.05) is 23.1 Å². The van der Waals surface area contributed by atoms with E-state index >= 15 is 0 Å². The molecule has 0 aliphatic rings. The van der Waals surface area contributed by atoms with Gasteiger partial charge >= 0.3 is 0 Å². The highest BCUT2D eigenvalue weighted by atomic mass is 79.9. The Morgan fingerprint density at radius 3 is 2.47 bits per heavy atom. The minimum atomic E-state index is 0.194. The van der Waals surface area contributed by atoms with E-state index in [-0.39, 0.29) is 5.41 Å². The van der Waals surface area contributed by atoms with E-state index in [0.717, 1.165) is 22.9 Å². The molecule has 3 nitrogen and oxygen atoms in total. The maximum absolute atomic E-state index is 4.33. The summed E-state index contributed by atoms with van der Waals surface area (Å²) in [6.45, 7) is 6.48. The van der Waals surface area contributed by atoms with Crippen molar-refractivity contribution in [2.24, 2.45) is 5.41 Å². The summed E-state index contributed by atoms with van der Waals surface area (Å²) >= 11 is 7.10. The second-order valence-corrected chi connectivity index (χ2v) is 5.59. The fourth-order valence-electron chi connectivity index (χ4n) is 1.34. The van der Waals surface area contributed by atoms with Crippen molar-refractivity contribution in [1.82, 2.24) is 14.8 Å². The van der Waals surface area contributed by atoms with Crippen LogP contribution in [0.2, 0.25) is 0 Å². The van der Waals surface area contributed by atoms with Crippen molar-refractivity contribution < 1.29 is 0 Å². The first-order chi connectivity index (χ1) is 7.02. The minimum Gasteiger partial charge on any atom is -0.248 e. The Bertz CT molecular complexity index is 305. The van der Waals surface area contributed by atoms with E-state index in [4.69, 9.17) is 0 Å². The lowest BCUT2D eigenvalue weighted by Gasteiger charge is -2.24. The number of hydrogen-bond donors (Lipinski definition) is 0. The molecular formula is C10H17Br2N3. The first-order valence-corrected chi connectivity index (χ1v) is 7.27.